The van der Waals surface area contributed by atoms with E-state index in [2.05, 4.69) is 0 Å². The molecule has 0 fully saturated rings. The molecule has 1 aromatic carbocycles. The summed E-state index contributed by atoms with van der Waals surface area (Å²) in [6.07, 6.45) is -4.22. The van der Waals surface area contributed by atoms with E-state index in [1.165, 1.54) is 4.90 Å². The normalized spacial score (nSPS) is 15.7. The molecule has 0 bridgehead atoms. The first-order chi connectivity index (χ1) is 9.39. The lowest BCUT2D eigenvalue weighted by Crippen LogP contribution is -2.38. The number of halogens is 3. The molecule has 112 valence electrons. The molecule has 1 unspecified atom stereocenters. The van der Waals surface area contributed by atoms with Crippen molar-refractivity contribution in [2.24, 2.45) is 5.73 Å². The maximum atomic E-state index is 12.4. The highest BCUT2D eigenvalue weighted by molar-refractivity contribution is 5.45. The zero-order valence-electron chi connectivity index (χ0n) is 11.1. The molecule has 0 radical (unpaired) electrons. The Bertz CT molecular complexity index is 465. The van der Waals surface area contributed by atoms with Crippen molar-refractivity contribution in [2.45, 2.75) is 19.1 Å². The maximum absolute atomic E-state index is 12.4. The van der Waals surface area contributed by atoms with Gasteiger partial charge in [0.15, 0.2) is 11.5 Å². The number of likely N-dealkylation sites (N-methyl/N-ethyl adjacent to an activating group) is 1. The molecule has 1 aliphatic heterocycles. The van der Waals surface area contributed by atoms with Gasteiger partial charge in [-0.3, -0.25) is 4.90 Å². The molecule has 1 aliphatic rings. The largest absolute Gasteiger partial charge is 0.454 e. The van der Waals surface area contributed by atoms with Crippen LogP contribution in [0.4, 0.5) is 13.2 Å². The molecular formula is C13H17F3N2O2. The number of alkyl halides is 3. The summed E-state index contributed by atoms with van der Waals surface area (Å²) in [5, 5.41) is 0. The summed E-state index contributed by atoms with van der Waals surface area (Å²) in [7, 11) is 0. The van der Waals surface area contributed by atoms with Gasteiger partial charge in [0.25, 0.3) is 0 Å². The van der Waals surface area contributed by atoms with Gasteiger partial charge in [-0.25, -0.2) is 0 Å². The van der Waals surface area contributed by atoms with Gasteiger partial charge in [-0.15, -0.1) is 0 Å². The lowest BCUT2D eigenvalue weighted by Gasteiger charge is -2.25. The zero-order valence-corrected chi connectivity index (χ0v) is 11.1. The number of nitrogens with two attached hydrogens (primary N) is 1. The third kappa shape index (κ3) is 3.77. The Balaban J connectivity index is 2.01. The van der Waals surface area contributed by atoms with Crippen LogP contribution in [0, 0.1) is 0 Å². The van der Waals surface area contributed by atoms with E-state index in [0.717, 1.165) is 5.56 Å². The van der Waals surface area contributed by atoms with Gasteiger partial charge in [0.2, 0.25) is 6.79 Å². The van der Waals surface area contributed by atoms with Crippen molar-refractivity contribution in [3.8, 4) is 11.5 Å². The molecule has 0 spiro atoms. The highest BCUT2D eigenvalue weighted by Crippen LogP contribution is 2.34. The molecule has 4 nitrogen and oxygen atoms in total. The molecule has 0 aliphatic carbocycles. The van der Waals surface area contributed by atoms with E-state index in [1.54, 1.807) is 25.1 Å². The van der Waals surface area contributed by atoms with Crippen molar-refractivity contribution < 1.29 is 22.6 Å². The lowest BCUT2D eigenvalue weighted by atomic mass is 10.1. The van der Waals surface area contributed by atoms with Crippen LogP contribution in [-0.2, 0) is 0 Å². The maximum Gasteiger partial charge on any atom is 0.401 e. The second-order valence-corrected chi connectivity index (χ2v) is 4.66. The molecule has 2 rings (SSSR count). The van der Waals surface area contributed by atoms with Crippen LogP contribution in [0.1, 0.15) is 18.5 Å². The highest BCUT2D eigenvalue weighted by atomic mass is 19.4. The standard InChI is InChI=1S/C13H17F3N2O2/c1-2-18(7-13(14,15)16)6-10(17)9-3-4-11-12(5-9)20-8-19-11/h3-5,10H,2,6-8,17H2,1H3. The van der Waals surface area contributed by atoms with E-state index in [9.17, 15) is 13.2 Å². The summed E-state index contributed by atoms with van der Waals surface area (Å²) in [4.78, 5) is 1.27. The molecule has 0 saturated heterocycles. The second-order valence-electron chi connectivity index (χ2n) is 4.66. The van der Waals surface area contributed by atoms with Crippen LogP contribution in [0.25, 0.3) is 0 Å². The van der Waals surface area contributed by atoms with Crippen molar-refractivity contribution in [1.82, 2.24) is 4.90 Å². The van der Waals surface area contributed by atoms with Crippen molar-refractivity contribution in [1.29, 1.82) is 0 Å². The number of ether oxygens (including phenoxy) is 2. The Kier molecular flexibility index (Phi) is 4.39. The Morgan fingerprint density at radius 3 is 2.65 bits per heavy atom. The van der Waals surface area contributed by atoms with Crippen LogP contribution in [-0.4, -0.2) is 37.5 Å². The number of rotatable bonds is 5. The monoisotopic (exact) mass is 290 g/mol. The molecule has 1 atom stereocenters. The Morgan fingerprint density at radius 2 is 2.00 bits per heavy atom. The molecule has 1 heterocycles. The van der Waals surface area contributed by atoms with Crippen molar-refractivity contribution in [3.63, 3.8) is 0 Å². The smallest absolute Gasteiger partial charge is 0.401 e. The van der Waals surface area contributed by atoms with E-state index in [4.69, 9.17) is 15.2 Å². The topological polar surface area (TPSA) is 47.7 Å². The Morgan fingerprint density at radius 1 is 1.30 bits per heavy atom. The van der Waals surface area contributed by atoms with Crippen LogP contribution in [0.3, 0.4) is 0 Å². The summed E-state index contributed by atoms with van der Waals surface area (Å²) in [5.41, 5.74) is 6.71. The summed E-state index contributed by atoms with van der Waals surface area (Å²) < 4.78 is 47.6. The predicted octanol–water partition coefficient (Wildman–Crippen LogP) is 2.30. The van der Waals surface area contributed by atoms with E-state index >= 15 is 0 Å². The Hall–Kier alpha value is -1.47. The van der Waals surface area contributed by atoms with Crippen molar-refractivity contribution >= 4 is 0 Å². The van der Waals surface area contributed by atoms with Crippen LogP contribution in [0.15, 0.2) is 18.2 Å². The van der Waals surface area contributed by atoms with Gasteiger partial charge in [-0.2, -0.15) is 13.2 Å². The summed E-state index contributed by atoms with van der Waals surface area (Å²) >= 11 is 0. The molecule has 20 heavy (non-hydrogen) atoms. The minimum absolute atomic E-state index is 0.135. The van der Waals surface area contributed by atoms with Gasteiger partial charge in [0.1, 0.15) is 0 Å². The third-order valence-electron chi connectivity index (χ3n) is 3.13. The van der Waals surface area contributed by atoms with E-state index in [-0.39, 0.29) is 19.9 Å². The number of benzene rings is 1. The zero-order chi connectivity index (χ0) is 14.8. The molecule has 0 amide bonds. The van der Waals surface area contributed by atoms with Gasteiger partial charge in [-0.05, 0) is 24.2 Å². The summed E-state index contributed by atoms with van der Waals surface area (Å²) in [5.74, 6) is 1.21. The third-order valence-corrected chi connectivity index (χ3v) is 3.13. The summed E-state index contributed by atoms with van der Waals surface area (Å²) in [6.45, 7) is 1.30. The van der Waals surface area contributed by atoms with Gasteiger partial charge in [-0.1, -0.05) is 13.0 Å². The molecule has 1 aromatic rings. The van der Waals surface area contributed by atoms with E-state index < -0.39 is 18.8 Å². The van der Waals surface area contributed by atoms with Crippen molar-refractivity contribution in [2.75, 3.05) is 26.4 Å². The fourth-order valence-corrected chi connectivity index (χ4v) is 2.09. The first kappa shape index (κ1) is 14.9. The van der Waals surface area contributed by atoms with Crippen LogP contribution < -0.4 is 15.2 Å². The molecular weight excluding hydrogens is 273 g/mol. The van der Waals surface area contributed by atoms with Gasteiger partial charge in [0, 0.05) is 12.6 Å². The fourth-order valence-electron chi connectivity index (χ4n) is 2.09. The van der Waals surface area contributed by atoms with E-state index in [1.807, 2.05) is 0 Å². The lowest BCUT2D eigenvalue weighted by molar-refractivity contribution is -0.145. The number of fused-ring (bicyclic) bond motifs is 1. The molecule has 7 heteroatoms. The average Bonchev–Trinajstić information content (AvgIpc) is 2.83. The number of nitrogens with zero attached hydrogens (tertiary/aromatic N) is 1. The van der Waals surface area contributed by atoms with Crippen molar-refractivity contribution in [3.05, 3.63) is 23.8 Å². The first-order valence-corrected chi connectivity index (χ1v) is 6.33. The van der Waals surface area contributed by atoms with Crippen LogP contribution in [0.5, 0.6) is 11.5 Å². The number of hydrogen-bond acceptors (Lipinski definition) is 4. The second kappa shape index (κ2) is 5.88. The van der Waals surface area contributed by atoms with Crippen LogP contribution >= 0.6 is 0 Å². The molecule has 2 N–H and O–H groups in total. The van der Waals surface area contributed by atoms with Gasteiger partial charge < -0.3 is 15.2 Å². The first-order valence-electron chi connectivity index (χ1n) is 6.33. The molecule has 0 aromatic heterocycles. The fraction of sp³-hybridized carbons (Fsp3) is 0.538. The Labute approximate surface area is 115 Å². The quantitative estimate of drug-likeness (QED) is 0.904. The van der Waals surface area contributed by atoms with Crippen LogP contribution in [0.2, 0.25) is 0 Å². The minimum atomic E-state index is -4.22. The molecule has 0 saturated carbocycles. The SMILES string of the molecule is CCN(CC(N)c1ccc2c(c1)OCO2)CC(F)(F)F. The summed E-state index contributed by atoms with van der Waals surface area (Å²) in [6, 6.07) is 4.68. The minimum Gasteiger partial charge on any atom is -0.454 e. The number of hydrogen-bond donors (Lipinski definition) is 1. The van der Waals surface area contributed by atoms with Gasteiger partial charge in [0.05, 0.1) is 6.54 Å². The van der Waals surface area contributed by atoms with Gasteiger partial charge >= 0.3 is 6.18 Å². The predicted molar refractivity (Wildman–Crippen MR) is 67.7 cm³/mol. The van der Waals surface area contributed by atoms with E-state index in [0.29, 0.717) is 11.5 Å². The highest BCUT2D eigenvalue weighted by Gasteiger charge is 2.30. The average molecular weight is 290 g/mol.